The molecule has 3 heteroatoms. The summed E-state index contributed by atoms with van der Waals surface area (Å²) in [6.45, 7) is 0.842. The van der Waals surface area contributed by atoms with Crippen LogP contribution in [-0.4, -0.2) is 12.0 Å². The SMILES string of the molecule is CNCc1cccc2[nH]cc(Cl)c12. The van der Waals surface area contributed by atoms with Crippen molar-refractivity contribution in [2.45, 2.75) is 6.54 Å². The Balaban J connectivity index is 2.65. The Kier molecular flexibility index (Phi) is 2.25. The summed E-state index contributed by atoms with van der Waals surface area (Å²) in [5.41, 5.74) is 2.32. The number of H-pyrrole nitrogens is 1. The summed E-state index contributed by atoms with van der Waals surface area (Å²) in [7, 11) is 1.93. The molecule has 0 fully saturated rings. The average Bonchev–Trinajstić information content (AvgIpc) is 2.50. The zero-order valence-electron chi connectivity index (χ0n) is 7.39. The van der Waals surface area contributed by atoms with Gasteiger partial charge in [-0.1, -0.05) is 23.7 Å². The number of hydrogen-bond acceptors (Lipinski definition) is 1. The molecule has 1 aromatic carbocycles. The molecule has 0 amide bonds. The summed E-state index contributed by atoms with van der Waals surface area (Å²) in [6.07, 6.45) is 1.82. The van der Waals surface area contributed by atoms with Gasteiger partial charge in [-0.3, -0.25) is 0 Å². The fourth-order valence-corrected chi connectivity index (χ4v) is 1.83. The topological polar surface area (TPSA) is 27.8 Å². The first-order valence-electron chi connectivity index (χ1n) is 4.22. The van der Waals surface area contributed by atoms with Gasteiger partial charge in [-0.2, -0.15) is 0 Å². The predicted octanol–water partition coefficient (Wildman–Crippen LogP) is 2.54. The second-order valence-electron chi connectivity index (χ2n) is 3.01. The van der Waals surface area contributed by atoms with Crippen molar-refractivity contribution in [3.63, 3.8) is 0 Å². The van der Waals surface area contributed by atoms with Gasteiger partial charge < -0.3 is 10.3 Å². The van der Waals surface area contributed by atoms with Gasteiger partial charge in [-0.25, -0.2) is 0 Å². The van der Waals surface area contributed by atoms with Crippen LogP contribution in [-0.2, 0) is 6.54 Å². The molecule has 0 atom stereocenters. The lowest BCUT2D eigenvalue weighted by molar-refractivity contribution is 0.824. The van der Waals surface area contributed by atoms with Crippen LogP contribution >= 0.6 is 11.6 Å². The molecule has 0 saturated heterocycles. The van der Waals surface area contributed by atoms with Gasteiger partial charge in [0.15, 0.2) is 0 Å². The molecule has 0 radical (unpaired) electrons. The van der Waals surface area contributed by atoms with Crippen LogP contribution < -0.4 is 5.32 Å². The molecule has 2 N–H and O–H groups in total. The quantitative estimate of drug-likeness (QED) is 0.756. The Labute approximate surface area is 81.9 Å². The summed E-state index contributed by atoms with van der Waals surface area (Å²) in [5, 5.41) is 5.04. The largest absolute Gasteiger partial charge is 0.360 e. The van der Waals surface area contributed by atoms with Crippen molar-refractivity contribution in [1.29, 1.82) is 0 Å². The van der Waals surface area contributed by atoms with Crippen LogP contribution in [0, 0.1) is 0 Å². The third-order valence-electron chi connectivity index (χ3n) is 2.11. The third-order valence-corrected chi connectivity index (χ3v) is 2.41. The second-order valence-corrected chi connectivity index (χ2v) is 3.41. The fourth-order valence-electron chi connectivity index (χ4n) is 1.55. The van der Waals surface area contributed by atoms with Gasteiger partial charge in [0, 0.05) is 23.6 Å². The standard InChI is InChI=1S/C10H11ClN2/c1-12-5-7-3-2-4-9-10(7)8(11)6-13-9/h2-4,6,12-13H,5H2,1H3. The van der Waals surface area contributed by atoms with Crippen molar-refractivity contribution in [1.82, 2.24) is 10.3 Å². The van der Waals surface area contributed by atoms with Crippen molar-refractivity contribution in [2.75, 3.05) is 7.05 Å². The van der Waals surface area contributed by atoms with E-state index >= 15 is 0 Å². The van der Waals surface area contributed by atoms with Crippen LogP contribution in [0.5, 0.6) is 0 Å². The summed E-state index contributed by atoms with van der Waals surface area (Å²) in [4.78, 5) is 3.13. The summed E-state index contributed by atoms with van der Waals surface area (Å²) in [5.74, 6) is 0. The predicted molar refractivity (Wildman–Crippen MR) is 56.1 cm³/mol. The summed E-state index contributed by atoms with van der Waals surface area (Å²) in [6, 6.07) is 6.14. The van der Waals surface area contributed by atoms with Crippen molar-refractivity contribution in [3.05, 3.63) is 35.0 Å². The van der Waals surface area contributed by atoms with Gasteiger partial charge in [-0.05, 0) is 18.7 Å². The molecule has 1 aromatic heterocycles. The molecule has 0 unspecified atom stereocenters. The van der Waals surface area contributed by atoms with E-state index < -0.39 is 0 Å². The number of halogens is 1. The number of aromatic amines is 1. The molecule has 2 rings (SSSR count). The Morgan fingerprint density at radius 3 is 3.08 bits per heavy atom. The Bertz CT molecular complexity index is 420. The molecule has 0 spiro atoms. The smallest absolute Gasteiger partial charge is 0.0662 e. The lowest BCUT2D eigenvalue weighted by Crippen LogP contribution is -2.04. The van der Waals surface area contributed by atoms with E-state index in [1.807, 2.05) is 25.4 Å². The van der Waals surface area contributed by atoms with Crippen LogP contribution in [0.15, 0.2) is 24.4 Å². The zero-order valence-corrected chi connectivity index (χ0v) is 8.15. The maximum atomic E-state index is 6.05. The number of nitrogens with one attached hydrogen (secondary N) is 2. The van der Waals surface area contributed by atoms with Gasteiger partial charge in [-0.15, -0.1) is 0 Å². The third kappa shape index (κ3) is 1.43. The molecular weight excluding hydrogens is 184 g/mol. The highest BCUT2D eigenvalue weighted by atomic mass is 35.5. The van der Waals surface area contributed by atoms with Crippen molar-refractivity contribution in [2.24, 2.45) is 0 Å². The van der Waals surface area contributed by atoms with Crippen molar-refractivity contribution in [3.8, 4) is 0 Å². The number of aromatic nitrogens is 1. The maximum absolute atomic E-state index is 6.05. The van der Waals surface area contributed by atoms with Crippen LogP contribution in [0.1, 0.15) is 5.56 Å². The lowest BCUT2D eigenvalue weighted by Gasteiger charge is -2.01. The highest BCUT2D eigenvalue weighted by Gasteiger charge is 2.04. The molecule has 13 heavy (non-hydrogen) atoms. The molecule has 0 aliphatic carbocycles. The minimum atomic E-state index is 0.792. The first kappa shape index (κ1) is 8.60. The van der Waals surface area contributed by atoms with E-state index in [-0.39, 0.29) is 0 Å². The Hall–Kier alpha value is -0.990. The normalized spacial score (nSPS) is 10.9. The zero-order chi connectivity index (χ0) is 9.26. The van der Waals surface area contributed by atoms with Gasteiger partial charge in [0.1, 0.15) is 0 Å². The van der Waals surface area contributed by atoms with Crippen molar-refractivity contribution >= 4 is 22.5 Å². The number of hydrogen-bond donors (Lipinski definition) is 2. The van der Waals surface area contributed by atoms with Crippen LogP contribution in [0.25, 0.3) is 10.9 Å². The summed E-state index contributed by atoms with van der Waals surface area (Å²) >= 11 is 6.05. The molecule has 0 aliphatic rings. The molecule has 0 bridgehead atoms. The van der Waals surface area contributed by atoms with Crippen LogP contribution in [0.4, 0.5) is 0 Å². The monoisotopic (exact) mass is 194 g/mol. The van der Waals surface area contributed by atoms with Gasteiger partial charge >= 0.3 is 0 Å². The highest BCUT2D eigenvalue weighted by molar-refractivity contribution is 6.35. The maximum Gasteiger partial charge on any atom is 0.0662 e. The second kappa shape index (κ2) is 3.40. The Morgan fingerprint density at radius 1 is 1.46 bits per heavy atom. The molecule has 2 aromatic rings. The van der Waals surface area contributed by atoms with E-state index in [2.05, 4.69) is 16.4 Å². The number of benzene rings is 1. The first-order valence-corrected chi connectivity index (χ1v) is 4.60. The van der Waals surface area contributed by atoms with Gasteiger partial charge in [0.05, 0.1) is 5.02 Å². The minimum Gasteiger partial charge on any atom is -0.360 e. The van der Waals surface area contributed by atoms with Gasteiger partial charge in [0.25, 0.3) is 0 Å². The van der Waals surface area contributed by atoms with Crippen LogP contribution in [0.2, 0.25) is 5.02 Å². The van der Waals surface area contributed by atoms with Crippen LogP contribution in [0.3, 0.4) is 0 Å². The van der Waals surface area contributed by atoms with E-state index in [1.54, 1.807) is 0 Å². The Morgan fingerprint density at radius 2 is 2.31 bits per heavy atom. The highest BCUT2D eigenvalue weighted by Crippen LogP contribution is 2.26. The average molecular weight is 195 g/mol. The van der Waals surface area contributed by atoms with E-state index in [1.165, 1.54) is 5.56 Å². The molecule has 1 heterocycles. The molecule has 0 saturated carbocycles. The summed E-state index contributed by atoms with van der Waals surface area (Å²) < 4.78 is 0. The molecular formula is C10H11ClN2. The molecule has 2 nitrogen and oxygen atoms in total. The lowest BCUT2D eigenvalue weighted by atomic mass is 10.1. The number of rotatable bonds is 2. The first-order chi connectivity index (χ1) is 6.33. The van der Waals surface area contributed by atoms with E-state index in [0.717, 1.165) is 22.5 Å². The van der Waals surface area contributed by atoms with E-state index in [9.17, 15) is 0 Å². The molecule has 0 aliphatic heterocycles. The number of fused-ring (bicyclic) bond motifs is 1. The minimum absolute atomic E-state index is 0.792. The van der Waals surface area contributed by atoms with E-state index in [0.29, 0.717) is 0 Å². The molecule has 68 valence electrons. The fraction of sp³-hybridized carbons (Fsp3) is 0.200. The van der Waals surface area contributed by atoms with E-state index in [4.69, 9.17) is 11.6 Å². The van der Waals surface area contributed by atoms with Crippen molar-refractivity contribution < 1.29 is 0 Å². The van der Waals surface area contributed by atoms with Gasteiger partial charge in [0.2, 0.25) is 0 Å².